The van der Waals surface area contributed by atoms with E-state index in [0.717, 1.165) is 23.4 Å². The van der Waals surface area contributed by atoms with E-state index in [1.54, 1.807) is 24.4 Å². The number of hydrogen-bond acceptors (Lipinski definition) is 6. The second-order valence-electron chi connectivity index (χ2n) is 5.25. The molecule has 0 radical (unpaired) electrons. The molecule has 0 spiro atoms. The molecule has 0 fully saturated rings. The SMILES string of the molecule is CCOC(=O)C1CCc2nc(NC(=O)c3ccccn3)sc2C1. The van der Waals surface area contributed by atoms with Gasteiger partial charge in [-0.05, 0) is 38.3 Å². The number of aryl methyl sites for hydroxylation is 1. The Morgan fingerprint density at radius 3 is 3.04 bits per heavy atom. The first-order chi connectivity index (χ1) is 11.2. The summed E-state index contributed by atoms with van der Waals surface area (Å²) in [6.07, 6.45) is 3.68. The minimum Gasteiger partial charge on any atom is -0.466 e. The molecule has 7 heteroatoms. The molecule has 2 aromatic rings. The normalized spacial score (nSPS) is 16.5. The van der Waals surface area contributed by atoms with Crippen LogP contribution in [0.3, 0.4) is 0 Å². The molecule has 3 rings (SSSR count). The Hall–Kier alpha value is -2.28. The molecule has 2 aromatic heterocycles. The lowest BCUT2D eigenvalue weighted by Crippen LogP contribution is -2.24. The molecule has 1 aliphatic carbocycles. The zero-order valence-electron chi connectivity index (χ0n) is 12.7. The molecule has 0 aromatic carbocycles. The van der Waals surface area contributed by atoms with Gasteiger partial charge in [-0.25, -0.2) is 4.98 Å². The van der Waals surface area contributed by atoms with Crippen LogP contribution in [0.4, 0.5) is 5.13 Å². The summed E-state index contributed by atoms with van der Waals surface area (Å²) in [6.45, 7) is 2.21. The highest BCUT2D eigenvalue weighted by atomic mass is 32.1. The molecule has 0 aliphatic heterocycles. The number of nitrogens with one attached hydrogen (secondary N) is 1. The monoisotopic (exact) mass is 331 g/mol. The average molecular weight is 331 g/mol. The lowest BCUT2D eigenvalue weighted by atomic mass is 9.91. The quantitative estimate of drug-likeness (QED) is 0.870. The number of aromatic nitrogens is 2. The van der Waals surface area contributed by atoms with Gasteiger partial charge in [-0.15, -0.1) is 11.3 Å². The summed E-state index contributed by atoms with van der Waals surface area (Å²) in [7, 11) is 0. The number of nitrogens with zero attached hydrogens (tertiary/aromatic N) is 2. The Kier molecular flexibility index (Phi) is 4.66. The van der Waals surface area contributed by atoms with Gasteiger partial charge in [0.25, 0.3) is 5.91 Å². The second-order valence-corrected chi connectivity index (χ2v) is 6.33. The van der Waals surface area contributed by atoms with Crippen molar-refractivity contribution in [2.24, 2.45) is 5.92 Å². The molecule has 2 heterocycles. The highest BCUT2D eigenvalue weighted by Gasteiger charge is 2.28. The van der Waals surface area contributed by atoms with Crippen molar-refractivity contribution in [3.8, 4) is 0 Å². The van der Waals surface area contributed by atoms with Crippen LogP contribution in [0, 0.1) is 5.92 Å². The van der Waals surface area contributed by atoms with Crippen LogP contribution in [0.2, 0.25) is 0 Å². The van der Waals surface area contributed by atoms with Crippen LogP contribution in [0.15, 0.2) is 24.4 Å². The van der Waals surface area contributed by atoms with Crippen molar-refractivity contribution in [1.29, 1.82) is 0 Å². The van der Waals surface area contributed by atoms with Gasteiger partial charge in [-0.1, -0.05) is 6.07 Å². The topological polar surface area (TPSA) is 81.2 Å². The second kappa shape index (κ2) is 6.87. The number of carbonyl (C=O) groups is 2. The smallest absolute Gasteiger partial charge is 0.309 e. The van der Waals surface area contributed by atoms with Crippen LogP contribution in [-0.2, 0) is 22.4 Å². The number of anilines is 1. The number of hydrogen-bond donors (Lipinski definition) is 1. The minimum absolute atomic E-state index is 0.109. The molecule has 1 atom stereocenters. The van der Waals surface area contributed by atoms with Crippen molar-refractivity contribution in [2.75, 3.05) is 11.9 Å². The van der Waals surface area contributed by atoms with E-state index in [4.69, 9.17) is 4.74 Å². The van der Waals surface area contributed by atoms with E-state index >= 15 is 0 Å². The number of rotatable bonds is 4. The molecule has 1 unspecified atom stereocenters. The Labute approximate surface area is 137 Å². The molecule has 0 saturated heterocycles. The van der Waals surface area contributed by atoms with E-state index in [0.29, 0.717) is 23.9 Å². The largest absolute Gasteiger partial charge is 0.466 e. The summed E-state index contributed by atoms with van der Waals surface area (Å²) in [6, 6.07) is 5.17. The van der Waals surface area contributed by atoms with Crippen LogP contribution in [-0.4, -0.2) is 28.5 Å². The van der Waals surface area contributed by atoms with E-state index in [9.17, 15) is 9.59 Å². The third-order valence-corrected chi connectivity index (χ3v) is 4.71. The lowest BCUT2D eigenvalue weighted by Gasteiger charge is -2.18. The lowest BCUT2D eigenvalue weighted by molar-refractivity contribution is -0.148. The molecule has 1 aliphatic rings. The summed E-state index contributed by atoms with van der Waals surface area (Å²) >= 11 is 1.42. The van der Waals surface area contributed by atoms with Crippen molar-refractivity contribution in [3.05, 3.63) is 40.7 Å². The van der Waals surface area contributed by atoms with Gasteiger partial charge in [0.1, 0.15) is 5.69 Å². The molecular formula is C16H17N3O3S. The van der Waals surface area contributed by atoms with Crippen LogP contribution in [0.1, 0.15) is 34.4 Å². The molecule has 6 nitrogen and oxygen atoms in total. The number of ether oxygens (including phenoxy) is 1. The maximum Gasteiger partial charge on any atom is 0.309 e. The van der Waals surface area contributed by atoms with Gasteiger partial charge in [0.2, 0.25) is 0 Å². The molecule has 23 heavy (non-hydrogen) atoms. The maximum absolute atomic E-state index is 12.1. The van der Waals surface area contributed by atoms with Gasteiger partial charge < -0.3 is 4.74 Å². The molecule has 0 saturated carbocycles. The van der Waals surface area contributed by atoms with E-state index in [2.05, 4.69) is 15.3 Å². The maximum atomic E-state index is 12.1. The third-order valence-electron chi connectivity index (χ3n) is 3.68. The van der Waals surface area contributed by atoms with Gasteiger partial charge in [-0.2, -0.15) is 0 Å². The predicted octanol–water partition coefficient (Wildman–Crippen LogP) is 2.46. The first kappa shape index (κ1) is 15.6. The number of amides is 1. The molecule has 1 N–H and O–H groups in total. The van der Waals surface area contributed by atoms with Gasteiger partial charge in [0, 0.05) is 11.1 Å². The Morgan fingerprint density at radius 1 is 1.43 bits per heavy atom. The highest BCUT2D eigenvalue weighted by Crippen LogP contribution is 2.33. The first-order valence-electron chi connectivity index (χ1n) is 7.55. The zero-order valence-corrected chi connectivity index (χ0v) is 13.6. The highest BCUT2D eigenvalue weighted by molar-refractivity contribution is 7.15. The van der Waals surface area contributed by atoms with Crippen LogP contribution in [0.25, 0.3) is 0 Å². The van der Waals surface area contributed by atoms with E-state index in [1.165, 1.54) is 11.3 Å². The van der Waals surface area contributed by atoms with Crippen molar-refractivity contribution < 1.29 is 14.3 Å². The Morgan fingerprint density at radius 2 is 2.30 bits per heavy atom. The van der Waals surface area contributed by atoms with Crippen molar-refractivity contribution in [1.82, 2.24) is 9.97 Å². The van der Waals surface area contributed by atoms with Crippen molar-refractivity contribution in [2.45, 2.75) is 26.2 Å². The zero-order chi connectivity index (χ0) is 16.2. The van der Waals surface area contributed by atoms with Crippen LogP contribution >= 0.6 is 11.3 Å². The molecule has 0 bridgehead atoms. The van der Waals surface area contributed by atoms with Gasteiger partial charge >= 0.3 is 5.97 Å². The molecule has 120 valence electrons. The summed E-state index contributed by atoms with van der Waals surface area (Å²) in [4.78, 5) is 33.5. The fraction of sp³-hybridized carbons (Fsp3) is 0.375. The fourth-order valence-electron chi connectivity index (χ4n) is 2.55. The summed E-state index contributed by atoms with van der Waals surface area (Å²) in [5.74, 6) is -0.536. The Balaban J connectivity index is 1.69. The first-order valence-corrected chi connectivity index (χ1v) is 8.36. The molecular weight excluding hydrogens is 314 g/mol. The Bertz CT molecular complexity index is 715. The van der Waals surface area contributed by atoms with Crippen molar-refractivity contribution in [3.63, 3.8) is 0 Å². The number of pyridine rings is 1. The summed E-state index contributed by atoms with van der Waals surface area (Å²) < 4.78 is 5.09. The summed E-state index contributed by atoms with van der Waals surface area (Å²) in [5.41, 5.74) is 1.32. The van der Waals surface area contributed by atoms with Crippen molar-refractivity contribution >= 4 is 28.3 Å². The number of fused-ring (bicyclic) bond motifs is 1. The van der Waals surface area contributed by atoms with Gasteiger partial charge in [0.05, 0.1) is 18.2 Å². The standard InChI is InChI=1S/C16H17N3O3S/c1-2-22-15(21)10-6-7-11-13(9-10)23-16(18-11)19-14(20)12-5-3-4-8-17-12/h3-5,8,10H,2,6-7,9H2,1H3,(H,18,19,20). The minimum atomic E-state index is -0.279. The van der Waals surface area contributed by atoms with Crippen LogP contribution in [0.5, 0.6) is 0 Å². The third kappa shape index (κ3) is 3.56. The van der Waals surface area contributed by atoms with E-state index < -0.39 is 0 Å². The number of carbonyl (C=O) groups excluding carboxylic acids is 2. The summed E-state index contributed by atoms with van der Waals surface area (Å²) in [5, 5.41) is 3.33. The fourth-order valence-corrected chi connectivity index (χ4v) is 3.63. The van der Waals surface area contributed by atoms with E-state index in [1.807, 2.05) is 6.92 Å². The van der Waals surface area contributed by atoms with E-state index in [-0.39, 0.29) is 17.8 Å². The van der Waals surface area contributed by atoms with Gasteiger partial charge in [-0.3, -0.25) is 19.9 Å². The van der Waals surface area contributed by atoms with Crippen LogP contribution < -0.4 is 5.32 Å². The van der Waals surface area contributed by atoms with Gasteiger partial charge in [0.15, 0.2) is 5.13 Å². The number of thiazole rings is 1. The number of esters is 1. The average Bonchev–Trinajstić information content (AvgIpc) is 2.97. The molecule has 1 amide bonds. The predicted molar refractivity (Wildman–Crippen MR) is 86.5 cm³/mol.